The molecule has 0 amide bonds. The summed E-state index contributed by atoms with van der Waals surface area (Å²) in [5.41, 5.74) is 0. The predicted octanol–water partition coefficient (Wildman–Crippen LogP) is 4.97. The van der Waals surface area contributed by atoms with Crippen LogP contribution < -0.4 is 0 Å². The normalized spacial score (nSPS) is 100.0. The molecule has 5 atom stereocenters. The molecule has 10 saturated heterocycles. The van der Waals surface area contributed by atoms with Gasteiger partial charge in [0.05, 0.1) is 0 Å². The number of fused-ring (bicyclic) bond motifs is 10. The second kappa shape index (κ2) is 0.888. The van der Waals surface area contributed by atoms with E-state index in [1.807, 2.05) is 0 Å². The van der Waals surface area contributed by atoms with Crippen LogP contribution in [0.3, 0.4) is 0 Å². The molecule has 0 N–H and O–H groups in total. The maximum atomic E-state index is 4.35. The summed E-state index contributed by atoms with van der Waals surface area (Å²) in [5.74, 6) is 0. The Balaban J connectivity index is 1.33. The molecule has 10 rings (SSSR count). The average Bonchev–Trinajstić information content (AvgIpc) is 3.42. The molecule has 0 radical (unpaired) electrons. The maximum absolute atomic E-state index is 4.35. The first-order chi connectivity index (χ1) is 10.0. The van der Waals surface area contributed by atoms with Gasteiger partial charge in [0.2, 0.25) is 0 Å². The van der Waals surface area contributed by atoms with Gasteiger partial charge in [-0.05, 0) is 0 Å². The Hall–Kier alpha value is -0.197. The molecule has 0 aromatic heterocycles. The Morgan fingerprint density at radius 1 is 0.857 bits per heavy atom. The minimum absolute atomic E-state index is 0.705. The van der Waals surface area contributed by atoms with Gasteiger partial charge < -0.3 is 0 Å². The van der Waals surface area contributed by atoms with E-state index < -0.39 is 7.72 Å². The van der Waals surface area contributed by atoms with Gasteiger partial charge in [-0.1, -0.05) is 0 Å². The molecule has 0 aliphatic carbocycles. The molecule has 10 heterocycles. The van der Waals surface area contributed by atoms with E-state index >= 15 is 0 Å². The molecule has 5 unspecified atom stereocenters. The van der Waals surface area contributed by atoms with Crippen LogP contribution in [0.4, 0.5) is 0 Å². The summed E-state index contributed by atoms with van der Waals surface area (Å²) in [5, 5.41) is 0. The van der Waals surface area contributed by atoms with Crippen LogP contribution in [-0.4, -0.2) is 24.0 Å². The summed E-state index contributed by atoms with van der Waals surface area (Å²) < 4.78 is 13.7. The van der Waals surface area contributed by atoms with Crippen molar-refractivity contribution in [3.8, 4) is 0 Å². The number of rotatable bonds is 7. The van der Waals surface area contributed by atoms with E-state index in [1.54, 1.807) is 0 Å². The van der Waals surface area contributed by atoms with E-state index in [4.69, 9.17) is 0 Å². The predicted molar refractivity (Wildman–Crippen MR) is 82.4 cm³/mol. The standard InChI is InChI=1S/C14H18N.C5H5.Ru/c1-4-11-15(12-5-2)14(6-3)13-9-7-8-10-13;1-2-4-5-3-1;/h4-10,14H,1-3,11-12H2;1-5H;. The molecule has 10 aliphatic heterocycles. The monoisotopic (exact) mass is 367 g/mol. The molecular weight excluding hydrogens is 343 g/mol. The second-order valence-corrected chi connectivity index (χ2v) is 49.1. The topological polar surface area (TPSA) is 3.24 Å². The van der Waals surface area contributed by atoms with Gasteiger partial charge in [0.25, 0.3) is 0 Å². The van der Waals surface area contributed by atoms with Gasteiger partial charge in [-0.3, -0.25) is 0 Å². The van der Waals surface area contributed by atoms with E-state index in [1.165, 1.54) is 40.6 Å². The van der Waals surface area contributed by atoms with Crippen LogP contribution in [0.1, 0.15) is 0 Å². The van der Waals surface area contributed by atoms with Crippen molar-refractivity contribution in [3.05, 3.63) is 38.0 Å². The first-order valence-corrected chi connectivity index (χ1v) is 18.7. The molecule has 10 fully saturated rings. The van der Waals surface area contributed by atoms with Crippen molar-refractivity contribution in [2.24, 2.45) is 0 Å². The third-order valence-electron chi connectivity index (χ3n) is 16.6. The van der Waals surface area contributed by atoms with Gasteiger partial charge >= 0.3 is 114 Å². The van der Waals surface area contributed by atoms with Gasteiger partial charge in [-0.25, -0.2) is 0 Å². The molecule has 112 valence electrons. The minimum atomic E-state index is -3.28. The molecule has 21 heavy (non-hydrogen) atoms. The molecule has 10 aliphatic rings. The van der Waals surface area contributed by atoms with Crippen LogP contribution in [0.2, 0.25) is 44.6 Å². The van der Waals surface area contributed by atoms with Crippen LogP contribution in [0, 0.1) is 0 Å². The second-order valence-electron chi connectivity index (χ2n) is 11.9. The Morgan fingerprint density at radius 3 is 1.57 bits per heavy atom. The fourth-order valence-electron chi connectivity index (χ4n) is 18.4. The zero-order valence-electron chi connectivity index (χ0n) is 12.3. The Labute approximate surface area is 114 Å². The SMILES string of the molecule is C=CCN(CC=C)C(C=C)[C]12[CH]3[CH]4[CH]5[CH]1[Ru]45321678[CH]2[CH]1[CH]6[CH]7[CH]28. The zero-order chi connectivity index (χ0) is 13.7. The first-order valence-electron chi connectivity index (χ1n) is 8.81. The summed E-state index contributed by atoms with van der Waals surface area (Å²) in [6.07, 6.45) is 6.60. The molecule has 0 saturated carbocycles. The van der Waals surface area contributed by atoms with E-state index in [2.05, 4.69) is 42.9 Å². The van der Waals surface area contributed by atoms with Gasteiger partial charge in [0, 0.05) is 0 Å². The van der Waals surface area contributed by atoms with E-state index in [9.17, 15) is 0 Å². The Morgan fingerprint density at radius 2 is 1.33 bits per heavy atom. The van der Waals surface area contributed by atoms with E-state index in [0.29, 0.717) is 6.04 Å². The van der Waals surface area contributed by atoms with Crippen LogP contribution in [0.5, 0.6) is 0 Å². The van der Waals surface area contributed by atoms with Crippen LogP contribution in [0.25, 0.3) is 0 Å². The summed E-state index contributed by atoms with van der Waals surface area (Å²) in [6, 6.07) is 0.705. The van der Waals surface area contributed by atoms with Crippen molar-refractivity contribution in [2.75, 3.05) is 13.1 Å². The number of hydrogen-bond donors (Lipinski definition) is 0. The third-order valence-corrected chi connectivity index (χ3v) is 83.7. The molecule has 1 nitrogen and oxygen atoms in total. The van der Waals surface area contributed by atoms with Crippen LogP contribution in [0.15, 0.2) is 38.0 Å². The number of nitrogens with zero attached hydrogens (tertiary/aromatic N) is 1. The average molecular weight is 366 g/mol. The summed E-state index contributed by atoms with van der Waals surface area (Å²) in [4.78, 5) is 2.69. The third kappa shape index (κ3) is 0.118. The molecule has 2 heteroatoms. The molecule has 0 bridgehead atoms. The van der Waals surface area contributed by atoms with Crippen molar-refractivity contribution in [1.29, 1.82) is 0 Å². The van der Waals surface area contributed by atoms with Crippen molar-refractivity contribution in [2.45, 2.75) is 50.7 Å². The van der Waals surface area contributed by atoms with E-state index in [0.717, 1.165) is 17.1 Å². The quantitative estimate of drug-likeness (QED) is 0.454. The van der Waals surface area contributed by atoms with Gasteiger partial charge in [0.15, 0.2) is 0 Å². The van der Waals surface area contributed by atoms with Crippen molar-refractivity contribution < 1.29 is 7.72 Å². The molecule has 0 aromatic carbocycles. The fraction of sp³-hybridized carbons (Fsp3) is 0.684. The first kappa shape index (κ1) is 9.19. The summed E-state index contributed by atoms with van der Waals surface area (Å²) in [6.45, 7) is 14.4. The Kier molecular flexibility index (Phi) is 0.388. The Bertz CT molecular complexity index is 1010. The van der Waals surface area contributed by atoms with Crippen molar-refractivity contribution in [1.82, 2.24) is 4.90 Å². The van der Waals surface area contributed by atoms with Gasteiger partial charge in [-0.15, -0.1) is 0 Å². The molecule has 1 spiro atoms. The van der Waals surface area contributed by atoms with E-state index in [-0.39, 0.29) is 0 Å². The van der Waals surface area contributed by atoms with Crippen molar-refractivity contribution in [3.63, 3.8) is 0 Å². The zero-order valence-corrected chi connectivity index (χ0v) is 14.1. The molecular formula is C19H23NRu. The van der Waals surface area contributed by atoms with Gasteiger partial charge in [-0.2, -0.15) is 0 Å². The van der Waals surface area contributed by atoms with Gasteiger partial charge in [0.1, 0.15) is 0 Å². The fourth-order valence-corrected chi connectivity index (χ4v) is 153. The molecule has 0 aromatic rings. The summed E-state index contributed by atoms with van der Waals surface area (Å²) in [7, 11) is -3.28. The van der Waals surface area contributed by atoms with Crippen LogP contribution in [-0.2, 0) is 7.72 Å². The summed E-state index contributed by atoms with van der Waals surface area (Å²) >= 11 is 0. The van der Waals surface area contributed by atoms with Crippen LogP contribution >= 0.6 is 0 Å². The van der Waals surface area contributed by atoms with Crippen molar-refractivity contribution >= 4 is 0 Å². The number of hydrogen-bond acceptors (Lipinski definition) is 1.